The van der Waals surface area contributed by atoms with Gasteiger partial charge >= 0.3 is 5.97 Å². The number of carbonyl (C=O) groups is 1. The number of carboxylic acids is 1. The molecule has 94 valence electrons. The molecule has 4 heteroatoms. The minimum Gasteiger partial charge on any atom is -0.481 e. The Hall–Kier alpha value is -0.610. The lowest BCUT2D eigenvalue weighted by molar-refractivity contribution is -0.137. The van der Waals surface area contributed by atoms with Crippen LogP contribution in [0.25, 0.3) is 0 Å². The first-order chi connectivity index (χ1) is 7.72. The van der Waals surface area contributed by atoms with Gasteiger partial charge in [-0.3, -0.25) is 4.79 Å². The first-order valence-corrected chi connectivity index (χ1v) is 6.19. The van der Waals surface area contributed by atoms with Crippen molar-refractivity contribution in [3.05, 3.63) is 0 Å². The average molecular weight is 229 g/mol. The molecule has 1 heterocycles. The number of methoxy groups -OCH3 is 1. The van der Waals surface area contributed by atoms with Gasteiger partial charge in [-0.2, -0.15) is 0 Å². The van der Waals surface area contributed by atoms with Crippen molar-refractivity contribution in [2.45, 2.75) is 44.6 Å². The van der Waals surface area contributed by atoms with Gasteiger partial charge in [-0.25, -0.2) is 0 Å². The molecule has 1 aliphatic heterocycles. The Bertz CT molecular complexity index is 208. The third-order valence-electron chi connectivity index (χ3n) is 3.16. The number of rotatable bonds is 7. The summed E-state index contributed by atoms with van der Waals surface area (Å²) in [6, 6.07) is 0. The molecule has 1 unspecified atom stereocenters. The summed E-state index contributed by atoms with van der Waals surface area (Å²) < 4.78 is 5.36. The van der Waals surface area contributed by atoms with Crippen LogP contribution in [0.1, 0.15) is 38.5 Å². The van der Waals surface area contributed by atoms with Gasteiger partial charge in [0.2, 0.25) is 0 Å². The van der Waals surface area contributed by atoms with E-state index < -0.39 is 5.97 Å². The van der Waals surface area contributed by atoms with E-state index in [2.05, 4.69) is 4.90 Å². The molecule has 0 aromatic heterocycles. The maximum Gasteiger partial charge on any atom is 0.303 e. The number of unbranched alkanes of at least 4 members (excludes halogenated alkanes) is 2. The smallest absolute Gasteiger partial charge is 0.303 e. The van der Waals surface area contributed by atoms with E-state index in [1.807, 2.05) is 0 Å². The zero-order valence-electron chi connectivity index (χ0n) is 10.2. The predicted octanol–water partition coefficient (Wildman–Crippen LogP) is 1.74. The van der Waals surface area contributed by atoms with Crippen molar-refractivity contribution in [3.8, 4) is 0 Å². The molecule has 1 atom stereocenters. The second kappa shape index (κ2) is 7.63. The first kappa shape index (κ1) is 13.5. The van der Waals surface area contributed by atoms with Crippen LogP contribution >= 0.6 is 0 Å². The van der Waals surface area contributed by atoms with Crippen molar-refractivity contribution in [1.82, 2.24) is 4.90 Å². The largest absolute Gasteiger partial charge is 0.481 e. The fourth-order valence-electron chi connectivity index (χ4n) is 2.20. The monoisotopic (exact) mass is 229 g/mol. The molecule has 0 saturated carbocycles. The molecule has 0 bridgehead atoms. The Balaban J connectivity index is 2.01. The zero-order valence-corrected chi connectivity index (χ0v) is 10.2. The van der Waals surface area contributed by atoms with Gasteiger partial charge in [0.1, 0.15) is 0 Å². The normalized spacial score (nSPS) is 22.2. The summed E-state index contributed by atoms with van der Waals surface area (Å²) in [4.78, 5) is 12.7. The number of hydrogen-bond donors (Lipinski definition) is 1. The molecule has 1 rings (SSSR count). The molecule has 0 aromatic rings. The van der Waals surface area contributed by atoms with Gasteiger partial charge in [0.15, 0.2) is 0 Å². The van der Waals surface area contributed by atoms with E-state index in [9.17, 15) is 4.79 Å². The number of aliphatic carboxylic acids is 1. The van der Waals surface area contributed by atoms with E-state index in [-0.39, 0.29) is 0 Å². The van der Waals surface area contributed by atoms with E-state index in [0.29, 0.717) is 12.5 Å². The lowest BCUT2D eigenvalue weighted by Crippen LogP contribution is -2.39. The summed E-state index contributed by atoms with van der Waals surface area (Å²) >= 11 is 0. The Kier molecular flexibility index (Phi) is 6.42. The van der Waals surface area contributed by atoms with Crippen LogP contribution in [0, 0.1) is 0 Å². The quantitative estimate of drug-likeness (QED) is 0.676. The SMILES string of the molecule is COC1CCCN(CCCCCC(=O)O)C1. The van der Waals surface area contributed by atoms with E-state index in [1.54, 1.807) is 7.11 Å². The average Bonchev–Trinajstić information content (AvgIpc) is 2.28. The molecule has 4 nitrogen and oxygen atoms in total. The van der Waals surface area contributed by atoms with Crippen LogP contribution in [-0.4, -0.2) is 48.8 Å². The van der Waals surface area contributed by atoms with Gasteiger partial charge < -0.3 is 14.7 Å². The van der Waals surface area contributed by atoms with Gasteiger partial charge in [-0.15, -0.1) is 0 Å². The molecule has 1 aliphatic rings. The Morgan fingerprint density at radius 3 is 2.94 bits per heavy atom. The maximum absolute atomic E-state index is 10.3. The summed E-state index contributed by atoms with van der Waals surface area (Å²) in [5, 5.41) is 8.50. The Morgan fingerprint density at radius 2 is 2.25 bits per heavy atom. The fraction of sp³-hybridized carbons (Fsp3) is 0.917. The Labute approximate surface area is 97.6 Å². The topological polar surface area (TPSA) is 49.8 Å². The number of nitrogens with zero attached hydrogens (tertiary/aromatic N) is 1. The highest BCUT2D eigenvalue weighted by Crippen LogP contribution is 2.13. The van der Waals surface area contributed by atoms with E-state index in [4.69, 9.17) is 9.84 Å². The molecular weight excluding hydrogens is 206 g/mol. The molecule has 1 N–H and O–H groups in total. The fourth-order valence-corrected chi connectivity index (χ4v) is 2.20. The minimum absolute atomic E-state index is 0.306. The molecule has 0 amide bonds. The Morgan fingerprint density at radius 1 is 1.44 bits per heavy atom. The summed E-state index contributed by atoms with van der Waals surface area (Å²) in [6.45, 7) is 3.29. The van der Waals surface area contributed by atoms with Crippen LogP contribution < -0.4 is 0 Å². The van der Waals surface area contributed by atoms with Crippen molar-refractivity contribution in [2.75, 3.05) is 26.7 Å². The molecule has 1 saturated heterocycles. The van der Waals surface area contributed by atoms with E-state index in [1.165, 1.54) is 19.4 Å². The summed E-state index contributed by atoms with van der Waals surface area (Å²) in [5.41, 5.74) is 0. The minimum atomic E-state index is -0.683. The zero-order chi connectivity index (χ0) is 11.8. The predicted molar refractivity (Wildman–Crippen MR) is 62.6 cm³/mol. The highest BCUT2D eigenvalue weighted by atomic mass is 16.5. The van der Waals surface area contributed by atoms with Crippen LogP contribution in [0.15, 0.2) is 0 Å². The standard InChI is InChI=1S/C12H23NO3/c1-16-11-6-5-9-13(10-11)8-4-2-3-7-12(14)15/h11H,2-10H2,1H3,(H,14,15). The molecule has 0 spiro atoms. The first-order valence-electron chi connectivity index (χ1n) is 6.19. The van der Waals surface area contributed by atoms with Crippen LogP contribution in [0.3, 0.4) is 0 Å². The van der Waals surface area contributed by atoms with E-state index >= 15 is 0 Å². The number of carboxylic acid groups (broad SMARTS) is 1. The number of hydrogen-bond acceptors (Lipinski definition) is 3. The third-order valence-corrected chi connectivity index (χ3v) is 3.16. The lowest BCUT2D eigenvalue weighted by atomic mass is 10.1. The van der Waals surface area contributed by atoms with Crippen molar-refractivity contribution in [1.29, 1.82) is 0 Å². The van der Waals surface area contributed by atoms with Crippen molar-refractivity contribution < 1.29 is 14.6 Å². The lowest BCUT2D eigenvalue weighted by Gasteiger charge is -2.31. The maximum atomic E-state index is 10.3. The summed E-state index contributed by atoms with van der Waals surface area (Å²) in [7, 11) is 1.78. The summed E-state index contributed by atoms with van der Waals surface area (Å²) in [5.74, 6) is -0.683. The van der Waals surface area contributed by atoms with Gasteiger partial charge in [0.25, 0.3) is 0 Å². The van der Waals surface area contributed by atoms with Crippen LogP contribution in [0.2, 0.25) is 0 Å². The van der Waals surface area contributed by atoms with Crippen LogP contribution in [0.5, 0.6) is 0 Å². The second-order valence-corrected chi connectivity index (χ2v) is 4.50. The van der Waals surface area contributed by atoms with Gasteiger partial charge in [-0.1, -0.05) is 6.42 Å². The third kappa shape index (κ3) is 5.47. The van der Waals surface area contributed by atoms with E-state index in [0.717, 1.165) is 32.4 Å². The van der Waals surface area contributed by atoms with Crippen molar-refractivity contribution >= 4 is 5.97 Å². The molecule has 0 radical (unpaired) electrons. The molecule has 0 aromatic carbocycles. The molecular formula is C12H23NO3. The van der Waals surface area contributed by atoms with Gasteiger partial charge in [0.05, 0.1) is 6.10 Å². The van der Waals surface area contributed by atoms with Crippen molar-refractivity contribution in [3.63, 3.8) is 0 Å². The highest BCUT2D eigenvalue weighted by molar-refractivity contribution is 5.66. The van der Waals surface area contributed by atoms with Gasteiger partial charge in [0, 0.05) is 20.1 Å². The van der Waals surface area contributed by atoms with Crippen molar-refractivity contribution in [2.24, 2.45) is 0 Å². The van der Waals surface area contributed by atoms with Gasteiger partial charge in [-0.05, 0) is 38.8 Å². The number of likely N-dealkylation sites (tertiary alicyclic amines) is 1. The molecule has 0 aliphatic carbocycles. The summed E-state index contributed by atoms with van der Waals surface area (Å²) in [6.07, 6.45) is 6.01. The second-order valence-electron chi connectivity index (χ2n) is 4.50. The molecule has 1 fully saturated rings. The number of ether oxygens (including phenoxy) is 1. The molecule has 16 heavy (non-hydrogen) atoms. The van der Waals surface area contributed by atoms with Crippen LogP contribution in [0.4, 0.5) is 0 Å². The van der Waals surface area contributed by atoms with Crippen LogP contribution in [-0.2, 0) is 9.53 Å². The highest BCUT2D eigenvalue weighted by Gasteiger charge is 2.18. The number of piperidine rings is 1.